The molecule has 4 aromatic heterocycles. The first-order chi connectivity index (χ1) is 15.0. The normalized spacial score (nSPS) is 12.3. The second-order valence-corrected chi connectivity index (χ2v) is 7.41. The van der Waals surface area contributed by atoms with Gasteiger partial charge in [-0.15, -0.1) is 0 Å². The van der Waals surface area contributed by atoms with E-state index >= 15 is 0 Å². The van der Waals surface area contributed by atoms with Crippen molar-refractivity contribution in [2.24, 2.45) is 0 Å². The van der Waals surface area contributed by atoms with Crippen molar-refractivity contribution in [2.45, 2.75) is 53.6 Å². The maximum absolute atomic E-state index is 5.74. The minimum absolute atomic E-state index is 0.231. The predicted octanol–water partition coefficient (Wildman–Crippen LogP) is 4.47. The zero-order valence-electron chi connectivity index (χ0n) is 18.5. The molecule has 0 amide bonds. The zero-order valence-corrected chi connectivity index (χ0v) is 18.5. The van der Waals surface area contributed by atoms with Gasteiger partial charge in [-0.25, -0.2) is 9.97 Å². The second-order valence-electron chi connectivity index (χ2n) is 7.41. The zero-order chi connectivity index (χ0) is 22.0. The van der Waals surface area contributed by atoms with Crippen molar-refractivity contribution in [1.82, 2.24) is 29.9 Å². The lowest BCUT2D eigenvalue weighted by Crippen LogP contribution is -2.09. The van der Waals surface area contributed by atoms with E-state index in [1.807, 2.05) is 36.7 Å². The number of pyridine rings is 2. The molecule has 0 aliphatic rings. The fourth-order valence-corrected chi connectivity index (χ4v) is 3.47. The molecule has 0 aliphatic heterocycles. The van der Waals surface area contributed by atoms with Crippen LogP contribution < -0.4 is 10.1 Å². The van der Waals surface area contributed by atoms with E-state index in [0.29, 0.717) is 30.7 Å². The number of aryl methyl sites for hydroxylation is 2. The van der Waals surface area contributed by atoms with Gasteiger partial charge in [0.15, 0.2) is 5.82 Å². The Hall–Kier alpha value is -3.49. The van der Waals surface area contributed by atoms with Crippen molar-refractivity contribution < 1.29 is 9.26 Å². The van der Waals surface area contributed by atoms with Crippen LogP contribution >= 0.6 is 0 Å². The van der Waals surface area contributed by atoms with Crippen LogP contribution in [0.15, 0.2) is 28.9 Å². The summed E-state index contributed by atoms with van der Waals surface area (Å²) < 4.78 is 12.9. The van der Waals surface area contributed by atoms with E-state index in [1.165, 1.54) is 0 Å². The number of nitrogens with zero attached hydrogens (tertiary/aromatic N) is 6. The number of ether oxygens (including phenoxy) is 1. The third kappa shape index (κ3) is 4.08. The van der Waals surface area contributed by atoms with Crippen LogP contribution in [0, 0.1) is 13.8 Å². The minimum atomic E-state index is 0.231. The molecule has 9 nitrogen and oxygen atoms in total. The highest BCUT2D eigenvalue weighted by atomic mass is 16.5. The molecule has 0 unspecified atom stereocenters. The molecule has 0 radical (unpaired) electrons. The van der Waals surface area contributed by atoms with Gasteiger partial charge in [-0.05, 0) is 45.4 Å². The molecular formula is C22H27N7O2. The molecule has 0 fully saturated rings. The summed E-state index contributed by atoms with van der Waals surface area (Å²) in [7, 11) is 0. The quantitative estimate of drug-likeness (QED) is 0.444. The Morgan fingerprint density at radius 3 is 2.77 bits per heavy atom. The molecule has 1 N–H and O–H groups in total. The summed E-state index contributed by atoms with van der Waals surface area (Å²) in [6.45, 7) is 10.9. The van der Waals surface area contributed by atoms with E-state index in [-0.39, 0.29) is 6.04 Å². The van der Waals surface area contributed by atoms with Gasteiger partial charge in [0.25, 0.3) is 0 Å². The molecule has 31 heavy (non-hydrogen) atoms. The number of aromatic nitrogens is 6. The fourth-order valence-electron chi connectivity index (χ4n) is 3.47. The Labute approximate surface area is 180 Å². The van der Waals surface area contributed by atoms with Gasteiger partial charge in [-0.1, -0.05) is 12.1 Å². The van der Waals surface area contributed by atoms with Gasteiger partial charge in [0.1, 0.15) is 11.0 Å². The van der Waals surface area contributed by atoms with E-state index in [4.69, 9.17) is 19.3 Å². The third-order valence-corrected chi connectivity index (χ3v) is 5.17. The highest BCUT2D eigenvalue weighted by Crippen LogP contribution is 2.35. The number of nitrogens with one attached hydrogen (secondary N) is 1. The highest BCUT2D eigenvalue weighted by molar-refractivity contribution is 5.93. The predicted molar refractivity (Wildman–Crippen MR) is 118 cm³/mol. The molecule has 4 aromatic rings. The van der Waals surface area contributed by atoms with Gasteiger partial charge in [0, 0.05) is 19.2 Å². The van der Waals surface area contributed by atoms with Crippen molar-refractivity contribution in [3.05, 3.63) is 41.8 Å². The van der Waals surface area contributed by atoms with Crippen molar-refractivity contribution >= 4 is 16.7 Å². The van der Waals surface area contributed by atoms with E-state index in [0.717, 1.165) is 40.1 Å². The van der Waals surface area contributed by atoms with Crippen molar-refractivity contribution in [3.8, 4) is 17.1 Å². The molecule has 1 atom stereocenters. The molecule has 9 heteroatoms. The van der Waals surface area contributed by atoms with Crippen LogP contribution in [0.4, 0.5) is 5.69 Å². The van der Waals surface area contributed by atoms with Gasteiger partial charge < -0.3 is 14.6 Å². The Bertz CT molecular complexity index is 1200. The van der Waals surface area contributed by atoms with Crippen LogP contribution in [0.2, 0.25) is 0 Å². The van der Waals surface area contributed by atoms with Crippen LogP contribution in [0.25, 0.3) is 22.3 Å². The topological polar surface area (TPSA) is 104 Å². The van der Waals surface area contributed by atoms with Gasteiger partial charge in [-0.3, -0.25) is 4.68 Å². The molecule has 4 rings (SSSR count). The SMILES string of the molecule is CCOc1ncccc1-c1cc(NCc2noc(C)n2)c2c(n1)c(C)nn2[C@@H](C)CC. The standard InChI is InChI=1S/C22H27N7O2/c1-6-13(3)29-21-18(24-12-19-25-15(5)31-28-19)11-17(26-20(21)14(4)27-29)16-9-8-10-23-22(16)30-7-2/h8-11,13H,6-7,12H2,1-5H3,(H,24,26)/t13-/m0/s1. The summed E-state index contributed by atoms with van der Waals surface area (Å²) in [5.74, 6) is 1.69. The summed E-state index contributed by atoms with van der Waals surface area (Å²) in [5.41, 5.74) is 5.17. The minimum Gasteiger partial charge on any atom is -0.477 e. The maximum Gasteiger partial charge on any atom is 0.223 e. The highest BCUT2D eigenvalue weighted by Gasteiger charge is 2.20. The average Bonchev–Trinajstić information content (AvgIpc) is 3.35. The maximum atomic E-state index is 5.74. The van der Waals surface area contributed by atoms with Crippen LogP contribution in [0.3, 0.4) is 0 Å². The molecule has 162 valence electrons. The number of rotatable bonds is 8. The Morgan fingerprint density at radius 2 is 2.06 bits per heavy atom. The molecule has 0 spiro atoms. The summed E-state index contributed by atoms with van der Waals surface area (Å²) in [6, 6.07) is 6.09. The van der Waals surface area contributed by atoms with E-state index in [9.17, 15) is 0 Å². The Balaban J connectivity index is 1.87. The van der Waals surface area contributed by atoms with Crippen molar-refractivity contribution in [1.29, 1.82) is 0 Å². The first-order valence-electron chi connectivity index (χ1n) is 10.5. The lowest BCUT2D eigenvalue weighted by atomic mass is 10.1. The first kappa shape index (κ1) is 20.8. The van der Waals surface area contributed by atoms with E-state index in [2.05, 4.69) is 34.3 Å². The fraction of sp³-hybridized carbons (Fsp3) is 0.409. The summed E-state index contributed by atoms with van der Waals surface area (Å²) in [4.78, 5) is 13.6. The lowest BCUT2D eigenvalue weighted by Gasteiger charge is -2.15. The molecule has 0 aliphatic carbocycles. The van der Waals surface area contributed by atoms with Gasteiger partial charge in [0.05, 0.1) is 35.8 Å². The molecule has 0 bridgehead atoms. The monoisotopic (exact) mass is 421 g/mol. The molecule has 0 aromatic carbocycles. The molecule has 0 saturated heterocycles. The van der Waals surface area contributed by atoms with E-state index in [1.54, 1.807) is 13.1 Å². The number of hydrogen-bond acceptors (Lipinski definition) is 8. The van der Waals surface area contributed by atoms with Crippen LogP contribution in [-0.2, 0) is 6.54 Å². The summed E-state index contributed by atoms with van der Waals surface area (Å²) >= 11 is 0. The van der Waals surface area contributed by atoms with Crippen LogP contribution in [0.1, 0.15) is 50.6 Å². The lowest BCUT2D eigenvalue weighted by molar-refractivity contribution is 0.328. The van der Waals surface area contributed by atoms with Crippen LogP contribution in [0.5, 0.6) is 5.88 Å². The van der Waals surface area contributed by atoms with Gasteiger partial charge in [-0.2, -0.15) is 10.1 Å². The Kier molecular flexibility index (Phi) is 5.83. The number of hydrogen-bond donors (Lipinski definition) is 1. The summed E-state index contributed by atoms with van der Waals surface area (Å²) in [6.07, 6.45) is 2.68. The van der Waals surface area contributed by atoms with Gasteiger partial charge in [0.2, 0.25) is 11.8 Å². The smallest absolute Gasteiger partial charge is 0.223 e. The largest absolute Gasteiger partial charge is 0.477 e. The second kappa shape index (κ2) is 8.71. The molecular weight excluding hydrogens is 394 g/mol. The van der Waals surface area contributed by atoms with E-state index < -0.39 is 0 Å². The number of anilines is 1. The van der Waals surface area contributed by atoms with Crippen molar-refractivity contribution in [3.63, 3.8) is 0 Å². The molecule has 4 heterocycles. The summed E-state index contributed by atoms with van der Waals surface area (Å²) in [5, 5.41) is 12.2. The Morgan fingerprint density at radius 1 is 1.23 bits per heavy atom. The molecule has 0 saturated carbocycles. The van der Waals surface area contributed by atoms with Gasteiger partial charge >= 0.3 is 0 Å². The third-order valence-electron chi connectivity index (χ3n) is 5.17. The van der Waals surface area contributed by atoms with Crippen LogP contribution in [-0.4, -0.2) is 36.5 Å². The number of fused-ring (bicyclic) bond motifs is 1. The first-order valence-corrected chi connectivity index (χ1v) is 10.5. The van der Waals surface area contributed by atoms with Crippen molar-refractivity contribution in [2.75, 3.05) is 11.9 Å². The average molecular weight is 422 g/mol.